The molecule has 30 heavy (non-hydrogen) atoms. The Hall–Kier alpha value is -2.26. The van der Waals surface area contributed by atoms with Crippen molar-refractivity contribution in [3.8, 4) is 0 Å². The lowest BCUT2D eigenvalue weighted by molar-refractivity contribution is -0.132. The van der Waals surface area contributed by atoms with Crippen LogP contribution in [0.1, 0.15) is 44.3 Å². The van der Waals surface area contributed by atoms with E-state index in [0.717, 1.165) is 37.3 Å². The highest BCUT2D eigenvalue weighted by atomic mass is 32.1. The number of carbonyl (C=O) groups excluding carboxylic acids is 1. The van der Waals surface area contributed by atoms with Crippen LogP contribution in [0, 0.1) is 0 Å². The van der Waals surface area contributed by atoms with E-state index in [9.17, 15) is 9.59 Å². The van der Waals surface area contributed by atoms with Crippen molar-refractivity contribution in [1.29, 1.82) is 0 Å². The largest absolute Gasteiger partial charge is 0.343 e. The monoisotopic (exact) mass is 428 g/mol. The fraction of sp³-hybridized carbons (Fsp3) is 0.619. The first-order valence-electron chi connectivity index (χ1n) is 11.0. The molecule has 0 spiro atoms. The van der Waals surface area contributed by atoms with Crippen LogP contribution in [0.2, 0.25) is 0 Å². The quantitative estimate of drug-likeness (QED) is 0.636. The zero-order chi connectivity index (χ0) is 20.7. The molecule has 2 aliphatic rings. The molecule has 0 radical (unpaired) electrons. The molecule has 0 bridgehead atoms. The predicted octanol–water partition coefficient (Wildman–Crippen LogP) is 2.05. The highest BCUT2D eigenvalue weighted by molar-refractivity contribution is 7.17. The molecule has 2 saturated heterocycles. The van der Waals surface area contributed by atoms with Crippen LogP contribution in [0.5, 0.6) is 0 Å². The molecule has 0 saturated carbocycles. The minimum Gasteiger partial charge on any atom is -0.343 e. The molecule has 3 aromatic heterocycles. The molecule has 0 atom stereocenters. The van der Waals surface area contributed by atoms with Gasteiger partial charge >= 0.3 is 0 Å². The van der Waals surface area contributed by atoms with Gasteiger partial charge in [-0.05, 0) is 50.2 Å². The zero-order valence-electron chi connectivity index (χ0n) is 17.4. The first kappa shape index (κ1) is 19.7. The summed E-state index contributed by atoms with van der Waals surface area (Å²) in [4.78, 5) is 29.9. The number of hydrogen-bond acceptors (Lipinski definition) is 6. The van der Waals surface area contributed by atoms with E-state index < -0.39 is 0 Å². The molecule has 8 nitrogen and oxygen atoms in total. The van der Waals surface area contributed by atoms with Crippen molar-refractivity contribution in [2.45, 2.75) is 51.0 Å². The molecule has 2 aliphatic heterocycles. The average molecular weight is 429 g/mol. The molecule has 3 aromatic rings. The summed E-state index contributed by atoms with van der Waals surface area (Å²) in [6.45, 7) is 4.14. The number of piperidine rings is 2. The Kier molecular flexibility index (Phi) is 5.32. The Bertz CT molecular complexity index is 1120. The van der Waals surface area contributed by atoms with Crippen LogP contribution in [0.4, 0.5) is 0 Å². The normalized spacial score (nSPS) is 19.2. The van der Waals surface area contributed by atoms with Crippen molar-refractivity contribution in [1.82, 2.24) is 29.0 Å². The molecule has 160 valence electrons. The van der Waals surface area contributed by atoms with Crippen molar-refractivity contribution in [2.75, 3.05) is 26.2 Å². The predicted molar refractivity (Wildman–Crippen MR) is 117 cm³/mol. The van der Waals surface area contributed by atoms with Crippen LogP contribution < -0.4 is 5.56 Å². The Labute approximate surface area is 179 Å². The van der Waals surface area contributed by atoms with Crippen LogP contribution >= 0.6 is 11.3 Å². The van der Waals surface area contributed by atoms with E-state index in [-0.39, 0.29) is 11.5 Å². The SMILES string of the molecule is Cn1c(=O)c2sccc2n2c(CCC(=O)N3CCC(N4CCCCC4)CC3)nnc12. The van der Waals surface area contributed by atoms with Gasteiger partial charge in [0.25, 0.3) is 5.56 Å². The van der Waals surface area contributed by atoms with Gasteiger partial charge in [-0.1, -0.05) is 6.42 Å². The molecular weight excluding hydrogens is 400 g/mol. The third-order valence-electron chi connectivity index (χ3n) is 6.68. The Morgan fingerprint density at radius 3 is 2.67 bits per heavy atom. The first-order valence-corrected chi connectivity index (χ1v) is 11.8. The molecule has 2 fully saturated rings. The van der Waals surface area contributed by atoms with Crippen molar-refractivity contribution >= 4 is 33.2 Å². The minimum absolute atomic E-state index is 0.0564. The number of rotatable bonds is 4. The molecule has 9 heteroatoms. The summed E-state index contributed by atoms with van der Waals surface area (Å²) >= 11 is 1.43. The van der Waals surface area contributed by atoms with Gasteiger partial charge in [0.05, 0.1) is 5.52 Å². The summed E-state index contributed by atoms with van der Waals surface area (Å²) in [5.74, 6) is 1.45. The van der Waals surface area contributed by atoms with Gasteiger partial charge < -0.3 is 9.80 Å². The molecule has 5 rings (SSSR count). The van der Waals surface area contributed by atoms with Crippen molar-refractivity contribution in [2.24, 2.45) is 7.05 Å². The molecular formula is C21H28N6O2S. The van der Waals surface area contributed by atoms with E-state index in [0.29, 0.717) is 29.4 Å². The average Bonchev–Trinajstić information content (AvgIpc) is 3.44. The van der Waals surface area contributed by atoms with Crippen LogP contribution in [0.25, 0.3) is 16.0 Å². The third kappa shape index (κ3) is 3.43. The number of amides is 1. The van der Waals surface area contributed by atoms with E-state index in [1.54, 1.807) is 7.05 Å². The summed E-state index contributed by atoms with van der Waals surface area (Å²) in [7, 11) is 1.72. The molecule has 0 aliphatic carbocycles. The number of nitrogens with zero attached hydrogens (tertiary/aromatic N) is 6. The second kappa shape index (κ2) is 8.11. The number of carbonyl (C=O) groups is 1. The topological polar surface area (TPSA) is 75.7 Å². The van der Waals surface area contributed by atoms with Crippen LogP contribution in [-0.4, -0.2) is 67.1 Å². The van der Waals surface area contributed by atoms with E-state index in [1.807, 2.05) is 20.7 Å². The minimum atomic E-state index is -0.0564. The summed E-state index contributed by atoms with van der Waals surface area (Å²) in [5.41, 5.74) is 0.770. The molecule has 0 N–H and O–H groups in total. The van der Waals surface area contributed by atoms with E-state index in [4.69, 9.17) is 0 Å². The zero-order valence-corrected chi connectivity index (χ0v) is 18.2. The summed E-state index contributed by atoms with van der Waals surface area (Å²) in [6.07, 6.45) is 7.09. The van der Waals surface area contributed by atoms with E-state index >= 15 is 0 Å². The van der Waals surface area contributed by atoms with Crippen molar-refractivity contribution in [3.05, 3.63) is 27.6 Å². The van der Waals surface area contributed by atoms with Gasteiger partial charge in [-0.15, -0.1) is 21.5 Å². The number of likely N-dealkylation sites (tertiary alicyclic amines) is 2. The number of fused-ring (bicyclic) bond motifs is 3. The maximum atomic E-state index is 12.8. The van der Waals surface area contributed by atoms with Gasteiger partial charge in [-0.3, -0.25) is 18.6 Å². The number of hydrogen-bond donors (Lipinski definition) is 0. The number of aryl methyl sites for hydroxylation is 2. The first-order chi connectivity index (χ1) is 14.6. The number of aromatic nitrogens is 4. The standard InChI is InChI=1S/C21H28N6O2S/c1-24-20(29)19-16(9-14-30-19)27-17(22-23-21(24)27)5-6-18(28)26-12-7-15(8-13-26)25-10-3-2-4-11-25/h9,14-15H,2-8,10-13H2,1H3. The van der Waals surface area contributed by atoms with Crippen molar-refractivity contribution < 1.29 is 4.79 Å². The Morgan fingerprint density at radius 2 is 1.90 bits per heavy atom. The summed E-state index contributed by atoms with van der Waals surface area (Å²) in [6, 6.07) is 2.57. The van der Waals surface area contributed by atoms with Gasteiger partial charge in [-0.25, -0.2) is 0 Å². The highest BCUT2D eigenvalue weighted by Crippen LogP contribution is 2.22. The fourth-order valence-electron chi connectivity index (χ4n) is 4.96. The lowest BCUT2D eigenvalue weighted by Gasteiger charge is -2.40. The molecule has 1 amide bonds. The highest BCUT2D eigenvalue weighted by Gasteiger charge is 2.27. The second-order valence-corrected chi connectivity index (χ2v) is 9.38. The van der Waals surface area contributed by atoms with Crippen LogP contribution in [0.15, 0.2) is 16.2 Å². The summed E-state index contributed by atoms with van der Waals surface area (Å²) < 4.78 is 4.14. The van der Waals surface area contributed by atoms with Crippen LogP contribution in [0.3, 0.4) is 0 Å². The van der Waals surface area contributed by atoms with Gasteiger partial charge in [0, 0.05) is 39.0 Å². The molecule has 0 unspecified atom stereocenters. The van der Waals surface area contributed by atoms with Gasteiger partial charge in [0.15, 0.2) is 0 Å². The van der Waals surface area contributed by atoms with Gasteiger partial charge in [-0.2, -0.15) is 0 Å². The Morgan fingerprint density at radius 1 is 1.13 bits per heavy atom. The van der Waals surface area contributed by atoms with Crippen LogP contribution in [-0.2, 0) is 18.3 Å². The third-order valence-corrected chi connectivity index (χ3v) is 7.58. The molecule has 5 heterocycles. The Balaban J connectivity index is 1.25. The van der Waals surface area contributed by atoms with E-state index in [2.05, 4.69) is 15.1 Å². The fourth-order valence-corrected chi connectivity index (χ4v) is 5.81. The smallest absolute Gasteiger partial charge is 0.272 e. The molecule has 0 aromatic carbocycles. The second-order valence-electron chi connectivity index (χ2n) is 8.46. The lowest BCUT2D eigenvalue weighted by atomic mass is 9.99. The van der Waals surface area contributed by atoms with Crippen molar-refractivity contribution in [3.63, 3.8) is 0 Å². The number of thiophene rings is 1. The van der Waals surface area contributed by atoms with Gasteiger partial charge in [0.2, 0.25) is 11.7 Å². The van der Waals surface area contributed by atoms with Gasteiger partial charge in [0.1, 0.15) is 10.5 Å². The van der Waals surface area contributed by atoms with E-state index in [1.165, 1.54) is 48.3 Å². The maximum Gasteiger partial charge on any atom is 0.272 e. The summed E-state index contributed by atoms with van der Waals surface area (Å²) in [5, 5.41) is 10.4. The lowest BCUT2D eigenvalue weighted by Crippen LogP contribution is -2.48. The maximum absolute atomic E-state index is 12.8.